The molecule has 0 saturated heterocycles. The van der Waals surface area contributed by atoms with E-state index >= 15 is 0 Å². The van der Waals surface area contributed by atoms with Crippen LogP contribution in [0.1, 0.15) is 11.3 Å². The van der Waals surface area contributed by atoms with Crippen molar-refractivity contribution in [2.45, 2.75) is 17.1 Å². The molecule has 0 aliphatic rings. The third-order valence-electron chi connectivity index (χ3n) is 2.71. The van der Waals surface area contributed by atoms with Crippen molar-refractivity contribution in [1.29, 1.82) is 0 Å². The number of thiophene rings is 1. The molecule has 0 bridgehead atoms. The van der Waals surface area contributed by atoms with E-state index in [2.05, 4.69) is 10.0 Å². The van der Waals surface area contributed by atoms with E-state index in [9.17, 15) is 8.42 Å². The predicted octanol–water partition coefficient (Wildman–Crippen LogP) is 0.841. The number of hydrogen-bond donors (Lipinski definition) is 2. The fraction of sp³-hybridized carbons (Fsp3) is 0.692. The van der Waals surface area contributed by atoms with Crippen LogP contribution in [0.5, 0.6) is 0 Å². The van der Waals surface area contributed by atoms with E-state index in [1.54, 1.807) is 13.2 Å². The van der Waals surface area contributed by atoms with Crippen LogP contribution < -0.4 is 10.0 Å². The average Bonchev–Trinajstić information content (AvgIpc) is 2.94. The minimum atomic E-state index is -3.39. The van der Waals surface area contributed by atoms with Gasteiger partial charge in [-0.3, -0.25) is 0 Å². The summed E-state index contributed by atoms with van der Waals surface area (Å²) < 4.78 is 37.2. The van der Waals surface area contributed by atoms with E-state index in [0.29, 0.717) is 37.0 Å². The second kappa shape index (κ2) is 10.3. The molecule has 0 aliphatic heterocycles. The molecule has 1 aromatic rings. The highest BCUT2D eigenvalue weighted by molar-refractivity contribution is 7.91. The van der Waals surface area contributed by atoms with Crippen LogP contribution in [0.3, 0.4) is 0 Å². The summed E-state index contributed by atoms with van der Waals surface area (Å²) >= 11 is 1.32. The van der Waals surface area contributed by atoms with Gasteiger partial charge in [0.25, 0.3) is 0 Å². The zero-order chi connectivity index (χ0) is 15.6. The zero-order valence-corrected chi connectivity index (χ0v) is 14.2. The number of hydrogen-bond acceptors (Lipinski definition) is 6. The lowest BCUT2D eigenvalue weighted by molar-refractivity contribution is 0.0699. The molecule has 1 aromatic heterocycles. The molecule has 1 rings (SSSR count). The summed E-state index contributed by atoms with van der Waals surface area (Å²) in [5.41, 5.74) is 0. The van der Waals surface area contributed by atoms with Crippen molar-refractivity contribution in [3.8, 4) is 0 Å². The van der Waals surface area contributed by atoms with E-state index in [1.807, 2.05) is 13.1 Å². The van der Waals surface area contributed by atoms with Gasteiger partial charge in [-0.15, -0.1) is 11.3 Å². The monoisotopic (exact) mass is 336 g/mol. The quantitative estimate of drug-likeness (QED) is 0.553. The fourth-order valence-corrected chi connectivity index (χ4v) is 4.06. The van der Waals surface area contributed by atoms with E-state index in [4.69, 9.17) is 9.47 Å². The first kappa shape index (κ1) is 18.5. The van der Waals surface area contributed by atoms with Crippen LogP contribution in [0.4, 0.5) is 0 Å². The maximum atomic E-state index is 12.1. The topological polar surface area (TPSA) is 76.7 Å². The number of ether oxygens (including phenoxy) is 2. The molecule has 8 heteroatoms. The van der Waals surface area contributed by atoms with Gasteiger partial charge in [-0.2, -0.15) is 0 Å². The van der Waals surface area contributed by atoms with Crippen LogP contribution in [0.25, 0.3) is 0 Å². The summed E-state index contributed by atoms with van der Waals surface area (Å²) in [6, 6.07) is 3.53. The Bertz CT molecular complexity index is 488. The summed E-state index contributed by atoms with van der Waals surface area (Å²) in [7, 11) is 0.0969. The number of sulfonamides is 1. The Hall–Kier alpha value is -0.510. The van der Waals surface area contributed by atoms with E-state index in [1.165, 1.54) is 11.3 Å². The first-order chi connectivity index (χ1) is 10.1. The van der Waals surface area contributed by atoms with Crippen molar-refractivity contribution in [3.05, 3.63) is 17.0 Å². The van der Waals surface area contributed by atoms with E-state index in [-0.39, 0.29) is 0 Å². The van der Waals surface area contributed by atoms with Crippen molar-refractivity contribution in [2.75, 3.05) is 47.1 Å². The fourth-order valence-electron chi connectivity index (χ4n) is 1.58. The molecular formula is C13H24N2O4S2. The largest absolute Gasteiger partial charge is 0.382 e. The lowest BCUT2D eigenvalue weighted by Crippen LogP contribution is -2.25. The third kappa shape index (κ3) is 7.35. The highest BCUT2D eigenvalue weighted by Crippen LogP contribution is 2.21. The minimum Gasteiger partial charge on any atom is -0.382 e. The minimum absolute atomic E-state index is 0.369. The Morgan fingerprint density at radius 3 is 2.71 bits per heavy atom. The molecular weight excluding hydrogens is 312 g/mol. The lowest BCUT2D eigenvalue weighted by atomic mass is 10.3. The van der Waals surface area contributed by atoms with Crippen LogP contribution in [0.15, 0.2) is 16.3 Å². The van der Waals surface area contributed by atoms with Crippen LogP contribution in [0.2, 0.25) is 0 Å². The van der Waals surface area contributed by atoms with E-state index < -0.39 is 10.0 Å². The molecule has 0 spiro atoms. The lowest BCUT2D eigenvalue weighted by Gasteiger charge is -2.05. The normalized spacial score (nSPS) is 11.9. The Morgan fingerprint density at radius 1 is 1.19 bits per heavy atom. The summed E-state index contributed by atoms with van der Waals surface area (Å²) in [5.74, 6) is 0. The number of nitrogens with one attached hydrogen (secondary N) is 2. The van der Waals surface area contributed by atoms with Crippen molar-refractivity contribution >= 4 is 21.4 Å². The summed E-state index contributed by atoms with van der Waals surface area (Å²) in [4.78, 5) is 1.06. The predicted molar refractivity (Wildman–Crippen MR) is 84.5 cm³/mol. The summed E-state index contributed by atoms with van der Waals surface area (Å²) in [5, 5.41) is 3.05. The van der Waals surface area contributed by atoms with Gasteiger partial charge in [-0.25, -0.2) is 13.1 Å². The molecule has 0 fully saturated rings. The molecule has 0 amide bonds. The van der Waals surface area contributed by atoms with Gasteiger partial charge in [-0.05, 0) is 38.6 Å². The van der Waals surface area contributed by atoms with Crippen molar-refractivity contribution in [3.63, 3.8) is 0 Å². The summed E-state index contributed by atoms with van der Waals surface area (Å²) in [6.45, 7) is 2.81. The Labute approximate surface area is 130 Å². The van der Waals surface area contributed by atoms with Crippen molar-refractivity contribution in [2.24, 2.45) is 0 Å². The molecule has 1 heterocycles. The molecule has 6 nitrogen and oxygen atoms in total. The van der Waals surface area contributed by atoms with Crippen molar-refractivity contribution in [1.82, 2.24) is 10.0 Å². The maximum absolute atomic E-state index is 12.1. The molecule has 0 aliphatic carbocycles. The first-order valence-electron chi connectivity index (χ1n) is 6.90. The number of methoxy groups -OCH3 is 1. The molecule has 0 unspecified atom stereocenters. The van der Waals surface area contributed by atoms with Gasteiger partial charge in [0.05, 0.1) is 13.2 Å². The molecule has 0 aromatic carbocycles. The van der Waals surface area contributed by atoms with Crippen LogP contribution in [-0.2, 0) is 25.9 Å². The number of rotatable bonds is 12. The maximum Gasteiger partial charge on any atom is 0.250 e. The standard InChI is InChI=1S/C13H24N2O4S2/c1-14-8-6-12-4-5-13(20-12)21(16,17)15-7-3-9-19-11-10-18-2/h4-5,14-15H,3,6-11H2,1-2H3. The highest BCUT2D eigenvalue weighted by atomic mass is 32.2. The second-order valence-corrected chi connectivity index (χ2v) is 7.59. The third-order valence-corrected chi connectivity index (χ3v) is 5.81. The first-order valence-corrected chi connectivity index (χ1v) is 9.20. The van der Waals surface area contributed by atoms with Gasteiger partial charge in [-0.1, -0.05) is 0 Å². The summed E-state index contributed by atoms with van der Waals surface area (Å²) in [6.07, 6.45) is 1.48. The van der Waals surface area contributed by atoms with Gasteiger partial charge in [0.2, 0.25) is 10.0 Å². The van der Waals surface area contributed by atoms with Gasteiger partial charge >= 0.3 is 0 Å². The van der Waals surface area contributed by atoms with Gasteiger partial charge in [0.1, 0.15) is 4.21 Å². The molecule has 0 atom stereocenters. The molecule has 0 radical (unpaired) electrons. The van der Waals surface area contributed by atoms with Crippen LogP contribution in [-0.4, -0.2) is 55.5 Å². The van der Waals surface area contributed by atoms with Crippen molar-refractivity contribution < 1.29 is 17.9 Å². The molecule has 0 saturated carbocycles. The number of likely N-dealkylation sites (N-methyl/N-ethyl adjacent to an activating group) is 1. The van der Waals surface area contributed by atoms with Gasteiger partial charge < -0.3 is 14.8 Å². The van der Waals surface area contributed by atoms with Gasteiger partial charge in [0.15, 0.2) is 0 Å². The molecule has 122 valence electrons. The smallest absolute Gasteiger partial charge is 0.250 e. The molecule has 2 N–H and O–H groups in total. The van der Waals surface area contributed by atoms with Crippen LogP contribution in [0, 0.1) is 0 Å². The Kier molecular flexibility index (Phi) is 9.05. The van der Waals surface area contributed by atoms with E-state index in [0.717, 1.165) is 17.8 Å². The van der Waals surface area contributed by atoms with Crippen LogP contribution >= 0.6 is 11.3 Å². The SMILES string of the molecule is CNCCc1ccc(S(=O)(=O)NCCCOCCOC)s1. The highest BCUT2D eigenvalue weighted by Gasteiger charge is 2.15. The molecule has 21 heavy (non-hydrogen) atoms. The second-order valence-electron chi connectivity index (χ2n) is 4.43. The Balaban J connectivity index is 2.31. The average molecular weight is 336 g/mol. The zero-order valence-electron chi connectivity index (χ0n) is 12.6. The Morgan fingerprint density at radius 2 is 2.00 bits per heavy atom. The van der Waals surface area contributed by atoms with Gasteiger partial charge in [0, 0.05) is 25.1 Å².